The Morgan fingerprint density at radius 1 is 1.69 bits per heavy atom. The molecule has 1 aliphatic rings. The number of nitrogens with zero attached hydrogens (tertiary/aromatic N) is 2. The van der Waals surface area contributed by atoms with E-state index in [9.17, 15) is 4.79 Å². The number of halogens is 1. The van der Waals surface area contributed by atoms with Crippen LogP contribution in [0.1, 0.15) is 24.4 Å². The molecule has 0 radical (unpaired) electrons. The van der Waals surface area contributed by atoms with Crippen molar-refractivity contribution in [1.82, 2.24) is 15.6 Å². The van der Waals surface area contributed by atoms with Crippen LogP contribution in [0.4, 0.5) is 0 Å². The minimum Gasteiger partial charge on any atom is -0.338 e. The lowest BCUT2D eigenvalue weighted by molar-refractivity contribution is -0.120. The third-order valence-corrected chi connectivity index (χ3v) is 3.20. The lowest BCUT2D eigenvalue weighted by Crippen LogP contribution is -2.25. The maximum Gasteiger partial charge on any atom is 0.256 e. The highest BCUT2D eigenvalue weighted by Gasteiger charge is 2.31. The molecule has 0 aromatic carbocycles. The minimum absolute atomic E-state index is 0.138. The Hall–Kier alpha value is -1.14. The molecule has 0 bridgehead atoms. The summed E-state index contributed by atoms with van der Waals surface area (Å²) >= 11 is 7.06. The standard InChI is InChI=1S/C9H11ClN4OS/c1-2-3-11-9-13-6(7(15)14-9)8-12-4-5(10)16-8/h4,6H,2-3H2,1H3,(H2,11,13,14,15). The first-order valence-electron chi connectivity index (χ1n) is 4.93. The fourth-order valence-corrected chi connectivity index (χ4v) is 2.29. The van der Waals surface area contributed by atoms with Crippen molar-refractivity contribution in [2.45, 2.75) is 19.4 Å². The summed E-state index contributed by atoms with van der Waals surface area (Å²) in [5.41, 5.74) is 0. The van der Waals surface area contributed by atoms with Gasteiger partial charge in [0.2, 0.25) is 0 Å². The number of hydrogen-bond acceptors (Lipinski definition) is 4. The highest BCUT2D eigenvalue weighted by Crippen LogP contribution is 2.25. The summed E-state index contributed by atoms with van der Waals surface area (Å²) in [6, 6.07) is -0.465. The molecule has 1 fully saturated rings. The first-order chi connectivity index (χ1) is 7.70. The molecule has 1 aromatic rings. The Labute approximate surface area is 102 Å². The fraction of sp³-hybridized carbons (Fsp3) is 0.444. The van der Waals surface area contributed by atoms with Crippen LogP contribution in [0, 0.1) is 0 Å². The first-order valence-corrected chi connectivity index (χ1v) is 6.13. The third-order valence-electron chi connectivity index (χ3n) is 2.02. The van der Waals surface area contributed by atoms with E-state index in [-0.39, 0.29) is 5.91 Å². The Balaban J connectivity index is 2.11. The van der Waals surface area contributed by atoms with Crippen LogP contribution in [0.2, 0.25) is 4.34 Å². The van der Waals surface area contributed by atoms with Crippen molar-refractivity contribution in [2.75, 3.05) is 6.54 Å². The zero-order valence-corrected chi connectivity index (χ0v) is 10.2. The minimum atomic E-state index is -0.465. The zero-order valence-electron chi connectivity index (χ0n) is 8.66. The molecule has 86 valence electrons. The van der Waals surface area contributed by atoms with Crippen LogP contribution in [0.3, 0.4) is 0 Å². The van der Waals surface area contributed by atoms with Gasteiger partial charge in [-0.2, -0.15) is 0 Å². The van der Waals surface area contributed by atoms with Gasteiger partial charge >= 0.3 is 0 Å². The van der Waals surface area contributed by atoms with Crippen LogP contribution in [0.5, 0.6) is 0 Å². The van der Waals surface area contributed by atoms with Gasteiger partial charge in [-0.25, -0.2) is 4.98 Å². The van der Waals surface area contributed by atoms with Crippen LogP contribution in [-0.2, 0) is 4.79 Å². The predicted molar refractivity (Wildman–Crippen MR) is 63.7 cm³/mol. The second-order valence-electron chi connectivity index (χ2n) is 3.30. The van der Waals surface area contributed by atoms with Gasteiger partial charge in [0, 0.05) is 6.54 Å². The Morgan fingerprint density at radius 2 is 2.50 bits per heavy atom. The predicted octanol–water partition coefficient (Wildman–Crippen LogP) is 1.32. The molecule has 7 heteroatoms. The number of aliphatic imine (C=N–C) groups is 1. The summed E-state index contributed by atoms with van der Waals surface area (Å²) in [5, 5.41) is 6.31. The average molecular weight is 259 g/mol. The number of nitrogens with one attached hydrogen (secondary N) is 2. The fourth-order valence-electron chi connectivity index (χ4n) is 1.31. The SMILES string of the molecule is CCCN=C1NC(=O)C(c2ncc(Cl)s2)N1. The van der Waals surface area contributed by atoms with Crippen molar-refractivity contribution < 1.29 is 4.79 Å². The lowest BCUT2D eigenvalue weighted by atomic mass is 10.3. The normalized spacial score (nSPS) is 22.2. The van der Waals surface area contributed by atoms with Crippen LogP contribution < -0.4 is 10.6 Å². The maximum atomic E-state index is 11.6. The number of amides is 1. The Kier molecular flexibility index (Phi) is 3.40. The topological polar surface area (TPSA) is 66.4 Å². The molecule has 1 amide bonds. The number of guanidine groups is 1. The van der Waals surface area contributed by atoms with E-state index in [4.69, 9.17) is 11.6 Å². The maximum absolute atomic E-state index is 11.6. The van der Waals surface area contributed by atoms with Crippen molar-refractivity contribution in [2.24, 2.45) is 4.99 Å². The van der Waals surface area contributed by atoms with Crippen LogP contribution >= 0.6 is 22.9 Å². The van der Waals surface area contributed by atoms with Crippen molar-refractivity contribution in [3.05, 3.63) is 15.5 Å². The highest BCUT2D eigenvalue weighted by molar-refractivity contribution is 7.16. The first kappa shape index (κ1) is 11.3. The molecular formula is C9H11ClN4OS. The van der Waals surface area contributed by atoms with Gasteiger partial charge in [0.1, 0.15) is 9.34 Å². The summed E-state index contributed by atoms with van der Waals surface area (Å²) in [6.07, 6.45) is 2.48. The van der Waals surface area contributed by atoms with Gasteiger partial charge in [-0.15, -0.1) is 11.3 Å². The molecule has 0 aliphatic carbocycles. The van der Waals surface area contributed by atoms with E-state index in [0.29, 0.717) is 21.8 Å². The molecule has 1 unspecified atom stereocenters. The molecule has 0 spiro atoms. The van der Waals surface area contributed by atoms with Gasteiger partial charge in [0.15, 0.2) is 12.0 Å². The van der Waals surface area contributed by atoms with E-state index in [1.807, 2.05) is 6.92 Å². The van der Waals surface area contributed by atoms with E-state index < -0.39 is 6.04 Å². The molecular weight excluding hydrogens is 248 g/mol. The summed E-state index contributed by atoms with van der Waals surface area (Å²) in [4.78, 5) is 19.9. The molecule has 2 rings (SSSR count). The number of aromatic nitrogens is 1. The van der Waals surface area contributed by atoms with Gasteiger partial charge in [-0.05, 0) is 6.42 Å². The summed E-state index contributed by atoms with van der Waals surface area (Å²) in [6.45, 7) is 2.72. The van der Waals surface area contributed by atoms with E-state index >= 15 is 0 Å². The van der Waals surface area contributed by atoms with Gasteiger partial charge in [0.25, 0.3) is 5.91 Å². The van der Waals surface area contributed by atoms with Crippen LogP contribution in [0.25, 0.3) is 0 Å². The molecule has 2 heterocycles. The third kappa shape index (κ3) is 2.33. The smallest absolute Gasteiger partial charge is 0.256 e. The number of hydrogen-bond donors (Lipinski definition) is 2. The molecule has 2 N–H and O–H groups in total. The summed E-state index contributed by atoms with van der Waals surface area (Å²) in [5.74, 6) is 0.379. The van der Waals surface area contributed by atoms with Gasteiger partial charge in [0.05, 0.1) is 6.20 Å². The van der Waals surface area contributed by atoms with Gasteiger partial charge in [-0.1, -0.05) is 18.5 Å². The summed E-state index contributed by atoms with van der Waals surface area (Å²) in [7, 11) is 0. The molecule has 1 saturated heterocycles. The number of thiazole rings is 1. The molecule has 16 heavy (non-hydrogen) atoms. The average Bonchev–Trinajstić information content (AvgIpc) is 2.82. The largest absolute Gasteiger partial charge is 0.338 e. The second kappa shape index (κ2) is 4.80. The lowest BCUT2D eigenvalue weighted by Gasteiger charge is -2.02. The monoisotopic (exact) mass is 258 g/mol. The molecule has 1 atom stereocenters. The van der Waals surface area contributed by atoms with Crippen molar-refractivity contribution in [3.8, 4) is 0 Å². The van der Waals surface area contributed by atoms with E-state index in [2.05, 4.69) is 20.6 Å². The van der Waals surface area contributed by atoms with Gasteiger partial charge in [-0.3, -0.25) is 15.1 Å². The Bertz CT molecular complexity index is 431. The van der Waals surface area contributed by atoms with E-state index in [1.165, 1.54) is 17.5 Å². The van der Waals surface area contributed by atoms with Crippen molar-refractivity contribution >= 4 is 34.8 Å². The van der Waals surface area contributed by atoms with Crippen molar-refractivity contribution in [1.29, 1.82) is 0 Å². The molecule has 1 aliphatic heterocycles. The van der Waals surface area contributed by atoms with Gasteiger partial charge < -0.3 is 5.32 Å². The molecule has 1 aromatic heterocycles. The second-order valence-corrected chi connectivity index (χ2v) is 4.99. The van der Waals surface area contributed by atoms with Crippen molar-refractivity contribution in [3.63, 3.8) is 0 Å². The summed E-state index contributed by atoms with van der Waals surface area (Å²) < 4.78 is 0.573. The van der Waals surface area contributed by atoms with E-state index in [1.54, 1.807) is 0 Å². The number of rotatable bonds is 3. The highest BCUT2D eigenvalue weighted by atomic mass is 35.5. The molecule has 5 nitrogen and oxygen atoms in total. The van der Waals surface area contributed by atoms with Crippen LogP contribution in [0.15, 0.2) is 11.2 Å². The number of carbonyl (C=O) groups is 1. The zero-order chi connectivity index (χ0) is 11.5. The molecule has 0 saturated carbocycles. The number of carbonyl (C=O) groups excluding carboxylic acids is 1. The Morgan fingerprint density at radius 3 is 3.12 bits per heavy atom. The quantitative estimate of drug-likeness (QED) is 0.859. The van der Waals surface area contributed by atoms with E-state index in [0.717, 1.165) is 6.42 Å². The van der Waals surface area contributed by atoms with Crippen LogP contribution in [-0.4, -0.2) is 23.4 Å².